The summed E-state index contributed by atoms with van der Waals surface area (Å²) in [4.78, 5) is 42.1. The molecule has 11 nitrogen and oxygen atoms in total. The van der Waals surface area contributed by atoms with Gasteiger partial charge in [-0.15, -0.1) is 0 Å². The zero-order valence-corrected chi connectivity index (χ0v) is 18.8. The number of aromatic nitrogens is 4. The van der Waals surface area contributed by atoms with Crippen LogP contribution in [0.25, 0.3) is 0 Å². The molecule has 0 saturated carbocycles. The molecule has 0 radical (unpaired) electrons. The predicted octanol–water partition coefficient (Wildman–Crippen LogP) is 0.577. The van der Waals surface area contributed by atoms with Crippen molar-refractivity contribution in [1.82, 2.24) is 24.7 Å². The number of nitrogens with two attached hydrogens (primary N) is 1. The lowest BCUT2D eigenvalue weighted by Gasteiger charge is -2.15. The number of nitrogens with zero attached hydrogens (tertiary/aromatic N) is 4. The Balaban J connectivity index is 1.76. The average Bonchev–Trinajstić information content (AvgIpc) is 3.02. The van der Waals surface area contributed by atoms with E-state index in [0.717, 1.165) is 27.1 Å². The average molecular weight is 441 g/mol. The molecular formula is C21H27N7O4. The minimum absolute atomic E-state index is 0.175. The van der Waals surface area contributed by atoms with Crippen molar-refractivity contribution in [2.24, 2.45) is 0 Å². The highest BCUT2D eigenvalue weighted by molar-refractivity contribution is 5.75. The largest absolute Gasteiger partial charge is 0.384 e. The minimum Gasteiger partial charge on any atom is -0.384 e. The number of nitrogen functional groups attached to an aromatic ring is 1. The van der Waals surface area contributed by atoms with Gasteiger partial charge in [0.15, 0.2) is 0 Å². The van der Waals surface area contributed by atoms with E-state index >= 15 is 0 Å². The molecular weight excluding hydrogens is 414 g/mol. The first-order valence-electron chi connectivity index (χ1n) is 10.1. The highest BCUT2D eigenvalue weighted by Gasteiger charge is 2.15. The second-order valence-electron chi connectivity index (χ2n) is 7.67. The minimum atomic E-state index is -0.640. The van der Waals surface area contributed by atoms with E-state index in [4.69, 9.17) is 10.3 Å². The molecule has 1 amide bonds. The Hall–Kier alpha value is -3.89. The van der Waals surface area contributed by atoms with Gasteiger partial charge < -0.3 is 21.0 Å². The normalized spacial score (nSPS) is 10.9. The van der Waals surface area contributed by atoms with Crippen LogP contribution in [-0.2, 0) is 24.4 Å². The molecule has 0 atom stereocenters. The highest BCUT2D eigenvalue weighted by Crippen LogP contribution is 2.14. The van der Waals surface area contributed by atoms with Gasteiger partial charge in [-0.3, -0.25) is 14.2 Å². The van der Waals surface area contributed by atoms with E-state index in [1.54, 1.807) is 26.8 Å². The molecule has 4 N–H and O–H groups in total. The van der Waals surface area contributed by atoms with Gasteiger partial charge in [0.25, 0.3) is 5.56 Å². The van der Waals surface area contributed by atoms with Crippen molar-refractivity contribution >= 4 is 11.7 Å². The second-order valence-corrected chi connectivity index (χ2v) is 7.67. The quantitative estimate of drug-likeness (QED) is 0.482. The number of hydrogen-bond donors (Lipinski definition) is 3. The molecule has 3 heterocycles. The van der Waals surface area contributed by atoms with Crippen molar-refractivity contribution in [3.8, 4) is 0 Å². The van der Waals surface area contributed by atoms with E-state index in [1.807, 2.05) is 13.8 Å². The first kappa shape index (κ1) is 22.8. The summed E-state index contributed by atoms with van der Waals surface area (Å²) in [6, 6.07) is 3.04. The molecule has 3 aromatic rings. The maximum absolute atomic E-state index is 12.9. The lowest BCUT2D eigenvalue weighted by atomic mass is 10.1. The van der Waals surface area contributed by atoms with Gasteiger partial charge in [0.05, 0.1) is 12.2 Å². The Morgan fingerprint density at radius 2 is 1.78 bits per heavy atom. The van der Waals surface area contributed by atoms with Crippen LogP contribution >= 0.6 is 0 Å². The maximum atomic E-state index is 12.9. The van der Waals surface area contributed by atoms with Gasteiger partial charge >= 0.3 is 5.69 Å². The van der Waals surface area contributed by atoms with Crippen molar-refractivity contribution < 1.29 is 9.32 Å². The summed E-state index contributed by atoms with van der Waals surface area (Å²) in [6.07, 6.45) is 0. The van der Waals surface area contributed by atoms with Gasteiger partial charge in [-0.1, -0.05) is 5.16 Å². The van der Waals surface area contributed by atoms with Crippen molar-refractivity contribution in [2.75, 3.05) is 11.2 Å². The third-order valence-electron chi connectivity index (χ3n) is 5.33. The molecule has 3 rings (SSSR count). The Bertz CT molecular complexity index is 1240. The Morgan fingerprint density at radius 3 is 2.41 bits per heavy atom. The molecule has 0 aliphatic heterocycles. The molecule has 0 saturated heterocycles. The third-order valence-corrected chi connectivity index (χ3v) is 5.33. The molecule has 0 aliphatic carbocycles. The van der Waals surface area contributed by atoms with Crippen LogP contribution in [0, 0.1) is 34.6 Å². The lowest BCUT2D eigenvalue weighted by Crippen LogP contribution is -2.46. The number of aryl methyl sites for hydroxylation is 5. The van der Waals surface area contributed by atoms with E-state index in [2.05, 4.69) is 20.9 Å². The van der Waals surface area contributed by atoms with Crippen LogP contribution in [0.15, 0.2) is 26.2 Å². The van der Waals surface area contributed by atoms with Gasteiger partial charge in [0.1, 0.15) is 18.1 Å². The van der Waals surface area contributed by atoms with Crippen molar-refractivity contribution in [1.29, 1.82) is 0 Å². The molecule has 32 heavy (non-hydrogen) atoms. The molecule has 0 aliphatic rings. The molecule has 0 aromatic carbocycles. The van der Waals surface area contributed by atoms with Gasteiger partial charge in [0, 0.05) is 29.6 Å². The van der Waals surface area contributed by atoms with Crippen LogP contribution in [-0.4, -0.2) is 25.3 Å². The van der Waals surface area contributed by atoms with Crippen LogP contribution in [0.1, 0.15) is 39.5 Å². The van der Waals surface area contributed by atoms with E-state index in [-0.39, 0.29) is 25.5 Å². The summed E-state index contributed by atoms with van der Waals surface area (Å²) in [5.74, 6) is 0.642. The van der Waals surface area contributed by atoms with Crippen LogP contribution in [0.5, 0.6) is 0 Å². The van der Waals surface area contributed by atoms with Crippen molar-refractivity contribution in [3.05, 3.63) is 72.5 Å². The zero-order valence-electron chi connectivity index (χ0n) is 18.8. The summed E-state index contributed by atoms with van der Waals surface area (Å²) in [7, 11) is 0. The molecule has 11 heteroatoms. The first-order chi connectivity index (χ1) is 15.1. The van der Waals surface area contributed by atoms with Gasteiger partial charge in [-0.2, -0.15) is 4.68 Å². The molecule has 0 unspecified atom stereocenters. The summed E-state index contributed by atoms with van der Waals surface area (Å²) in [5, 5.41) is 6.66. The number of carbonyl (C=O) groups is 1. The van der Waals surface area contributed by atoms with Crippen molar-refractivity contribution in [3.63, 3.8) is 0 Å². The maximum Gasteiger partial charge on any atom is 0.350 e. The van der Waals surface area contributed by atoms with Gasteiger partial charge in [0.2, 0.25) is 5.91 Å². The Labute approximate surface area is 184 Å². The van der Waals surface area contributed by atoms with E-state index in [1.165, 1.54) is 10.6 Å². The number of nitrogens with one attached hydrogen (secondary N) is 2. The molecule has 0 spiro atoms. The summed E-state index contributed by atoms with van der Waals surface area (Å²) in [5.41, 5.74) is 11.7. The van der Waals surface area contributed by atoms with Crippen molar-refractivity contribution in [2.45, 2.75) is 54.3 Å². The number of carbonyl (C=O) groups excluding carboxylic acids is 1. The molecule has 3 aromatic heterocycles. The Kier molecular flexibility index (Phi) is 6.47. The third kappa shape index (κ3) is 4.71. The standard InChI is InChI=1S/C21H27N7O4/c1-11-6-18(22)25-13(3)16(11)8-23-19(29)10-27-12(2)7-20(30)28(21(27)31)24-9-17-14(4)26-32-15(17)5/h6-7,24H,8-10H2,1-5H3,(H2,22,25)(H,23,29). The van der Waals surface area contributed by atoms with E-state index < -0.39 is 11.2 Å². The summed E-state index contributed by atoms with van der Waals surface area (Å²) < 4.78 is 7.21. The van der Waals surface area contributed by atoms with Crippen LogP contribution in [0.4, 0.5) is 5.82 Å². The summed E-state index contributed by atoms with van der Waals surface area (Å²) in [6.45, 7) is 9.02. The Morgan fingerprint density at radius 1 is 1.06 bits per heavy atom. The van der Waals surface area contributed by atoms with Gasteiger partial charge in [-0.25, -0.2) is 9.78 Å². The number of anilines is 1. The number of amides is 1. The second kappa shape index (κ2) is 9.08. The zero-order chi connectivity index (χ0) is 23.6. The number of hydrogen-bond acceptors (Lipinski definition) is 8. The molecule has 0 bridgehead atoms. The SMILES string of the molecule is Cc1cc(N)nc(C)c1CNC(=O)Cn1c(C)cc(=O)n(NCc2c(C)noc2C)c1=O. The van der Waals surface area contributed by atoms with Crippen LogP contribution in [0.2, 0.25) is 0 Å². The fraction of sp³-hybridized carbons (Fsp3) is 0.381. The van der Waals surface area contributed by atoms with E-state index in [9.17, 15) is 14.4 Å². The smallest absolute Gasteiger partial charge is 0.350 e. The fourth-order valence-corrected chi connectivity index (χ4v) is 3.48. The van der Waals surface area contributed by atoms with Gasteiger partial charge in [-0.05, 0) is 51.8 Å². The van der Waals surface area contributed by atoms with E-state index in [0.29, 0.717) is 23.0 Å². The lowest BCUT2D eigenvalue weighted by molar-refractivity contribution is -0.121. The van der Waals surface area contributed by atoms with Crippen LogP contribution in [0.3, 0.4) is 0 Å². The number of pyridine rings is 1. The molecule has 0 fully saturated rings. The first-order valence-corrected chi connectivity index (χ1v) is 10.1. The monoisotopic (exact) mass is 441 g/mol. The topological polar surface area (TPSA) is 150 Å². The number of rotatable bonds is 7. The highest BCUT2D eigenvalue weighted by atomic mass is 16.5. The van der Waals surface area contributed by atoms with Crippen LogP contribution < -0.4 is 27.7 Å². The summed E-state index contributed by atoms with van der Waals surface area (Å²) >= 11 is 0. The predicted molar refractivity (Wildman–Crippen MR) is 119 cm³/mol. The fourth-order valence-electron chi connectivity index (χ4n) is 3.48. The molecule has 170 valence electrons.